The molecule has 1 atom stereocenters. The number of nitrogen functional groups attached to an aromatic ring is 1. The van der Waals surface area contributed by atoms with Crippen molar-refractivity contribution < 1.29 is 5.11 Å². The Labute approximate surface area is 103 Å². The Kier molecular flexibility index (Phi) is 3.60. The van der Waals surface area contributed by atoms with Gasteiger partial charge in [-0.25, -0.2) is 4.98 Å². The number of aliphatic hydroxyl groups excluding tert-OH is 1. The lowest BCUT2D eigenvalue weighted by atomic mass is 9.80. The first-order valence-corrected chi connectivity index (χ1v) is 6.15. The van der Waals surface area contributed by atoms with Gasteiger partial charge in [-0.1, -0.05) is 6.42 Å². The summed E-state index contributed by atoms with van der Waals surface area (Å²) in [7, 11) is 0. The third-order valence-corrected chi connectivity index (χ3v) is 3.58. The third-order valence-electron chi connectivity index (χ3n) is 3.00. The number of halogens is 1. The molecule has 16 heavy (non-hydrogen) atoms. The van der Waals surface area contributed by atoms with Gasteiger partial charge >= 0.3 is 0 Å². The van der Waals surface area contributed by atoms with Crippen molar-refractivity contribution in [1.82, 2.24) is 9.97 Å². The van der Waals surface area contributed by atoms with Crippen LogP contribution in [0.1, 0.15) is 19.3 Å². The normalized spacial score (nSPS) is 17.9. The molecule has 1 aliphatic rings. The van der Waals surface area contributed by atoms with Crippen LogP contribution in [0.25, 0.3) is 0 Å². The average Bonchev–Trinajstić information content (AvgIpc) is 2.19. The smallest absolute Gasteiger partial charge is 0.221 e. The van der Waals surface area contributed by atoms with Gasteiger partial charge in [0, 0.05) is 6.20 Å². The topological polar surface area (TPSA) is 84.1 Å². The fourth-order valence-electron chi connectivity index (χ4n) is 1.81. The van der Waals surface area contributed by atoms with E-state index in [1.165, 1.54) is 6.42 Å². The van der Waals surface area contributed by atoms with Crippen molar-refractivity contribution in [2.75, 3.05) is 17.7 Å². The van der Waals surface area contributed by atoms with Crippen LogP contribution in [-0.2, 0) is 0 Å². The SMILES string of the molecule is Nc1ncc(Br)c(NC(CO)C2CCC2)n1. The zero-order valence-electron chi connectivity index (χ0n) is 8.86. The van der Waals surface area contributed by atoms with Crippen LogP contribution in [0.15, 0.2) is 10.7 Å². The molecule has 88 valence electrons. The molecule has 0 saturated heterocycles. The Morgan fingerprint density at radius 1 is 1.62 bits per heavy atom. The van der Waals surface area contributed by atoms with Crippen LogP contribution in [0, 0.1) is 5.92 Å². The molecule has 2 rings (SSSR count). The largest absolute Gasteiger partial charge is 0.394 e. The Hall–Kier alpha value is -0.880. The summed E-state index contributed by atoms with van der Waals surface area (Å²) in [6.07, 6.45) is 5.18. The summed E-state index contributed by atoms with van der Waals surface area (Å²) >= 11 is 3.35. The number of anilines is 2. The second-order valence-corrected chi connectivity index (χ2v) is 4.90. The van der Waals surface area contributed by atoms with Crippen molar-refractivity contribution in [1.29, 1.82) is 0 Å². The molecule has 1 aromatic heterocycles. The van der Waals surface area contributed by atoms with Crippen molar-refractivity contribution in [2.45, 2.75) is 25.3 Å². The quantitative estimate of drug-likeness (QED) is 0.779. The highest BCUT2D eigenvalue weighted by molar-refractivity contribution is 9.10. The molecule has 0 spiro atoms. The minimum absolute atomic E-state index is 0.0550. The van der Waals surface area contributed by atoms with Gasteiger partial charge in [0.15, 0.2) is 0 Å². The second-order valence-electron chi connectivity index (χ2n) is 4.05. The predicted octanol–water partition coefficient (Wildman–Crippen LogP) is 1.39. The van der Waals surface area contributed by atoms with Crippen LogP contribution in [0.3, 0.4) is 0 Å². The summed E-state index contributed by atoms with van der Waals surface area (Å²) in [5.74, 6) is 1.42. The van der Waals surface area contributed by atoms with Gasteiger partial charge in [0.05, 0.1) is 17.1 Å². The van der Waals surface area contributed by atoms with Crippen LogP contribution < -0.4 is 11.1 Å². The van der Waals surface area contributed by atoms with E-state index in [-0.39, 0.29) is 18.6 Å². The molecule has 0 amide bonds. The summed E-state index contributed by atoms with van der Waals surface area (Å²) in [6, 6.07) is 0.0550. The monoisotopic (exact) mass is 286 g/mol. The highest BCUT2D eigenvalue weighted by Crippen LogP contribution is 2.32. The molecule has 1 saturated carbocycles. The molecule has 0 aromatic carbocycles. The standard InChI is InChI=1S/C10H15BrN4O/c11-7-4-13-10(12)15-9(7)14-8(5-16)6-2-1-3-6/h4,6,8,16H,1-3,5H2,(H3,12,13,14,15). The van der Waals surface area contributed by atoms with Crippen LogP contribution >= 0.6 is 15.9 Å². The Morgan fingerprint density at radius 3 is 2.94 bits per heavy atom. The number of nitrogens with one attached hydrogen (secondary N) is 1. The molecule has 6 heteroatoms. The average molecular weight is 287 g/mol. The van der Waals surface area contributed by atoms with E-state index in [1.807, 2.05) is 0 Å². The molecule has 1 heterocycles. The Bertz CT molecular complexity index is 370. The number of hydrogen-bond donors (Lipinski definition) is 3. The molecule has 1 aliphatic carbocycles. The van der Waals surface area contributed by atoms with Crippen LogP contribution in [0.4, 0.5) is 11.8 Å². The van der Waals surface area contributed by atoms with Gasteiger partial charge in [-0.3, -0.25) is 0 Å². The fourth-order valence-corrected chi connectivity index (χ4v) is 2.12. The van der Waals surface area contributed by atoms with Gasteiger partial charge in [-0.2, -0.15) is 4.98 Å². The van der Waals surface area contributed by atoms with E-state index in [4.69, 9.17) is 5.73 Å². The summed E-state index contributed by atoms with van der Waals surface area (Å²) in [5, 5.41) is 12.5. The molecular weight excluding hydrogens is 272 g/mol. The molecule has 0 aliphatic heterocycles. The zero-order valence-corrected chi connectivity index (χ0v) is 10.4. The number of hydrogen-bond acceptors (Lipinski definition) is 5. The molecule has 5 nitrogen and oxygen atoms in total. The molecule has 0 bridgehead atoms. The van der Waals surface area contributed by atoms with Gasteiger partial charge in [0.25, 0.3) is 0 Å². The first-order valence-electron chi connectivity index (χ1n) is 5.36. The van der Waals surface area contributed by atoms with E-state index >= 15 is 0 Å². The maximum Gasteiger partial charge on any atom is 0.221 e. The van der Waals surface area contributed by atoms with Gasteiger partial charge in [-0.05, 0) is 34.7 Å². The molecule has 1 unspecified atom stereocenters. The highest BCUT2D eigenvalue weighted by Gasteiger charge is 2.27. The van der Waals surface area contributed by atoms with Crippen molar-refractivity contribution >= 4 is 27.7 Å². The van der Waals surface area contributed by atoms with Crippen molar-refractivity contribution in [3.05, 3.63) is 10.7 Å². The number of aromatic nitrogens is 2. The van der Waals surface area contributed by atoms with E-state index < -0.39 is 0 Å². The Morgan fingerprint density at radius 2 is 2.38 bits per heavy atom. The molecular formula is C10H15BrN4O. The van der Waals surface area contributed by atoms with E-state index in [0.717, 1.165) is 17.3 Å². The lowest BCUT2D eigenvalue weighted by Gasteiger charge is -2.33. The van der Waals surface area contributed by atoms with Gasteiger partial charge < -0.3 is 16.2 Å². The lowest BCUT2D eigenvalue weighted by molar-refractivity contribution is 0.187. The summed E-state index contributed by atoms with van der Waals surface area (Å²) in [6.45, 7) is 0.112. The summed E-state index contributed by atoms with van der Waals surface area (Å²) in [4.78, 5) is 7.97. The lowest BCUT2D eigenvalue weighted by Crippen LogP contribution is -2.37. The minimum Gasteiger partial charge on any atom is -0.394 e. The van der Waals surface area contributed by atoms with E-state index in [9.17, 15) is 5.11 Å². The summed E-state index contributed by atoms with van der Waals surface area (Å²) in [5.41, 5.74) is 5.52. The zero-order chi connectivity index (χ0) is 11.5. The van der Waals surface area contributed by atoms with Crippen LogP contribution in [0.2, 0.25) is 0 Å². The first kappa shape index (κ1) is 11.6. The predicted molar refractivity (Wildman–Crippen MR) is 66.0 cm³/mol. The Balaban J connectivity index is 2.08. The number of nitrogens with zero attached hydrogens (tertiary/aromatic N) is 2. The van der Waals surface area contributed by atoms with E-state index in [2.05, 4.69) is 31.2 Å². The highest BCUT2D eigenvalue weighted by atomic mass is 79.9. The van der Waals surface area contributed by atoms with E-state index in [0.29, 0.717) is 11.7 Å². The maximum atomic E-state index is 9.33. The van der Waals surface area contributed by atoms with Crippen molar-refractivity contribution in [3.8, 4) is 0 Å². The number of aliphatic hydroxyl groups is 1. The third kappa shape index (κ3) is 2.44. The number of nitrogens with two attached hydrogens (primary N) is 1. The van der Waals surface area contributed by atoms with Gasteiger partial charge in [0.1, 0.15) is 5.82 Å². The van der Waals surface area contributed by atoms with E-state index in [1.54, 1.807) is 6.20 Å². The minimum atomic E-state index is 0.0550. The number of rotatable bonds is 4. The van der Waals surface area contributed by atoms with Gasteiger partial charge in [-0.15, -0.1) is 0 Å². The fraction of sp³-hybridized carbons (Fsp3) is 0.600. The van der Waals surface area contributed by atoms with Crippen LogP contribution in [0.5, 0.6) is 0 Å². The van der Waals surface area contributed by atoms with Crippen molar-refractivity contribution in [3.63, 3.8) is 0 Å². The van der Waals surface area contributed by atoms with Crippen molar-refractivity contribution in [2.24, 2.45) is 5.92 Å². The van der Waals surface area contributed by atoms with Gasteiger partial charge in [0.2, 0.25) is 5.95 Å². The molecule has 1 aromatic rings. The molecule has 0 radical (unpaired) electrons. The first-order chi connectivity index (χ1) is 7.70. The summed E-state index contributed by atoms with van der Waals surface area (Å²) < 4.78 is 0.763. The molecule has 4 N–H and O–H groups in total. The van der Waals surface area contributed by atoms with Crippen LogP contribution in [-0.4, -0.2) is 27.7 Å². The maximum absolute atomic E-state index is 9.33. The second kappa shape index (κ2) is 4.97. The molecule has 1 fully saturated rings.